The molecular weight excluding hydrogens is 156 g/mol. The van der Waals surface area contributed by atoms with Crippen LogP contribution in [0.1, 0.15) is 6.92 Å². The molecule has 0 aromatic rings. The van der Waals surface area contributed by atoms with Crippen LogP contribution in [0.2, 0.25) is 0 Å². The Hall–Kier alpha value is -1.94. The number of rotatable bonds is 2. The van der Waals surface area contributed by atoms with E-state index in [4.69, 9.17) is 16.8 Å². The van der Waals surface area contributed by atoms with Gasteiger partial charge in [0.05, 0.1) is 6.54 Å². The van der Waals surface area contributed by atoms with Crippen LogP contribution in [0.25, 0.3) is 0 Å². The van der Waals surface area contributed by atoms with E-state index < -0.39 is 5.91 Å². The monoisotopic (exact) mass is 164 g/mol. The number of nitriles is 1. The van der Waals surface area contributed by atoms with Gasteiger partial charge in [0.15, 0.2) is 5.57 Å². The van der Waals surface area contributed by atoms with E-state index in [2.05, 4.69) is 11.2 Å². The Morgan fingerprint density at radius 2 is 2.33 bits per heavy atom. The number of amides is 1. The summed E-state index contributed by atoms with van der Waals surface area (Å²) < 4.78 is 0. The molecule has 0 aliphatic carbocycles. The van der Waals surface area contributed by atoms with Crippen molar-refractivity contribution in [2.45, 2.75) is 6.92 Å². The third-order valence-electron chi connectivity index (χ3n) is 1.05. The van der Waals surface area contributed by atoms with Gasteiger partial charge in [-0.05, 0) is 6.92 Å². The van der Waals surface area contributed by atoms with Crippen LogP contribution in [0, 0.1) is 23.7 Å². The Bertz CT molecular complexity index is 287. The molecular formula is C8H8N2O2. The number of nitrogens with one attached hydrogen (secondary N) is 1. The fourth-order valence-electron chi connectivity index (χ4n) is 0.516. The van der Waals surface area contributed by atoms with E-state index in [-0.39, 0.29) is 17.9 Å². The molecule has 62 valence electrons. The predicted molar refractivity (Wildman–Crippen MR) is 42.8 cm³/mol. The molecule has 0 aromatic carbocycles. The molecule has 0 aliphatic heterocycles. The fraction of sp³-hybridized carbons (Fsp3) is 0.250. The standard InChI is InChI=1S/C8H8N2O2/c1-3-4-10-8(12)7(5-9)6(2)11/h1,11H,4H2,2H3,(H,10,12)/b7-6-. The summed E-state index contributed by atoms with van der Waals surface area (Å²) in [5.74, 6) is 1.20. The molecule has 4 nitrogen and oxygen atoms in total. The average Bonchev–Trinajstić information content (AvgIpc) is 2.01. The van der Waals surface area contributed by atoms with Crippen LogP contribution in [0.5, 0.6) is 0 Å². The van der Waals surface area contributed by atoms with Crippen molar-refractivity contribution >= 4 is 5.91 Å². The number of allylic oxidation sites excluding steroid dienone is 1. The maximum absolute atomic E-state index is 10.9. The Kier molecular flexibility index (Phi) is 4.03. The van der Waals surface area contributed by atoms with Crippen LogP contribution < -0.4 is 5.32 Å². The second kappa shape index (κ2) is 4.81. The van der Waals surface area contributed by atoms with Gasteiger partial charge in [0.1, 0.15) is 11.8 Å². The SMILES string of the molecule is C#CCNC(=O)/C(C#N)=C(/C)O. The van der Waals surface area contributed by atoms with Crippen molar-refractivity contribution in [2.24, 2.45) is 0 Å². The molecule has 0 saturated carbocycles. The van der Waals surface area contributed by atoms with Crippen LogP contribution >= 0.6 is 0 Å². The summed E-state index contributed by atoms with van der Waals surface area (Å²) in [6, 6.07) is 1.56. The molecule has 0 fully saturated rings. The summed E-state index contributed by atoms with van der Waals surface area (Å²) in [6.45, 7) is 1.30. The Morgan fingerprint density at radius 3 is 2.67 bits per heavy atom. The minimum atomic E-state index is -0.657. The van der Waals surface area contributed by atoms with Crippen molar-refractivity contribution in [1.29, 1.82) is 5.26 Å². The number of aliphatic hydroxyl groups is 1. The molecule has 0 saturated heterocycles. The van der Waals surface area contributed by atoms with Crippen LogP contribution in [0.4, 0.5) is 0 Å². The number of terminal acetylenes is 1. The molecule has 4 heteroatoms. The molecule has 2 N–H and O–H groups in total. The molecule has 1 amide bonds. The van der Waals surface area contributed by atoms with Crippen LogP contribution in [-0.2, 0) is 4.79 Å². The van der Waals surface area contributed by atoms with Gasteiger partial charge >= 0.3 is 0 Å². The van der Waals surface area contributed by atoms with Crippen LogP contribution in [0.3, 0.4) is 0 Å². The average molecular weight is 164 g/mol. The van der Waals surface area contributed by atoms with Crippen molar-refractivity contribution in [3.63, 3.8) is 0 Å². The van der Waals surface area contributed by atoms with Crippen molar-refractivity contribution in [3.05, 3.63) is 11.3 Å². The predicted octanol–water partition coefficient (Wildman–Crippen LogP) is 0.0914. The zero-order valence-corrected chi connectivity index (χ0v) is 6.59. The number of hydrogen-bond donors (Lipinski definition) is 2. The van der Waals surface area contributed by atoms with E-state index in [1.165, 1.54) is 6.92 Å². The molecule has 0 spiro atoms. The molecule has 0 rings (SSSR count). The van der Waals surface area contributed by atoms with Crippen LogP contribution in [0.15, 0.2) is 11.3 Å². The second-order valence-corrected chi connectivity index (χ2v) is 1.96. The first kappa shape index (κ1) is 10.1. The lowest BCUT2D eigenvalue weighted by atomic mass is 10.2. The van der Waals surface area contributed by atoms with Gasteiger partial charge in [0.25, 0.3) is 5.91 Å². The van der Waals surface area contributed by atoms with E-state index in [1.807, 2.05) is 0 Å². The first-order valence-corrected chi connectivity index (χ1v) is 3.15. The van der Waals surface area contributed by atoms with Gasteiger partial charge in [0.2, 0.25) is 0 Å². The minimum absolute atomic E-state index is 0.0390. The molecule has 0 aromatic heterocycles. The highest BCUT2D eigenvalue weighted by molar-refractivity contribution is 5.97. The third kappa shape index (κ3) is 2.76. The number of carbonyl (C=O) groups is 1. The molecule has 0 heterocycles. The van der Waals surface area contributed by atoms with Gasteiger partial charge in [-0.25, -0.2) is 0 Å². The van der Waals surface area contributed by atoms with Crippen molar-refractivity contribution in [2.75, 3.05) is 6.54 Å². The largest absolute Gasteiger partial charge is 0.511 e. The summed E-state index contributed by atoms with van der Waals surface area (Å²) in [4.78, 5) is 10.9. The zero-order valence-electron chi connectivity index (χ0n) is 6.59. The van der Waals surface area contributed by atoms with Crippen molar-refractivity contribution in [3.8, 4) is 18.4 Å². The van der Waals surface area contributed by atoms with E-state index >= 15 is 0 Å². The Balaban J connectivity index is 4.41. The molecule has 0 atom stereocenters. The summed E-state index contributed by atoms with van der Waals surface area (Å²) >= 11 is 0. The second-order valence-electron chi connectivity index (χ2n) is 1.96. The van der Waals surface area contributed by atoms with Gasteiger partial charge in [-0.1, -0.05) is 5.92 Å². The molecule has 0 radical (unpaired) electrons. The lowest BCUT2D eigenvalue weighted by Gasteiger charge is -1.99. The lowest BCUT2D eigenvalue weighted by Crippen LogP contribution is -2.25. The Morgan fingerprint density at radius 1 is 1.75 bits per heavy atom. The van der Waals surface area contributed by atoms with Crippen LogP contribution in [-0.4, -0.2) is 17.6 Å². The highest BCUT2D eigenvalue weighted by Crippen LogP contribution is 1.98. The first-order valence-electron chi connectivity index (χ1n) is 3.15. The number of carbonyl (C=O) groups excluding carboxylic acids is 1. The molecule has 12 heavy (non-hydrogen) atoms. The minimum Gasteiger partial charge on any atom is -0.511 e. The fourth-order valence-corrected chi connectivity index (χ4v) is 0.516. The van der Waals surface area contributed by atoms with Gasteiger partial charge in [-0.3, -0.25) is 4.79 Å². The molecule has 0 bridgehead atoms. The van der Waals surface area contributed by atoms with Gasteiger partial charge in [-0.15, -0.1) is 6.42 Å². The first-order chi connectivity index (χ1) is 5.63. The van der Waals surface area contributed by atoms with Gasteiger partial charge in [-0.2, -0.15) is 5.26 Å². The summed E-state index contributed by atoms with van der Waals surface area (Å²) in [6.07, 6.45) is 4.87. The smallest absolute Gasteiger partial charge is 0.266 e. The third-order valence-corrected chi connectivity index (χ3v) is 1.05. The zero-order chi connectivity index (χ0) is 9.56. The number of hydrogen-bond acceptors (Lipinski definition) is 3. The quantitative estimate of drug-likeness (QED) is 0.263. The summed E-state index contributed by atoms with van der Waals surface area (Å²) in [7, 11) is 0. The summed E-state index contributed by atoms with van der Waals surface area (Å²) in [5, 5.41) is 19.5. The highest BCUT2D eigenvalue weighted by atomic mass is 16.3. The maximum atomic E-state index is 10.9. The van der Waals surface area contributed by atoms with Crippen molar-refractivity contribution < 1.29 is 9.90 Å². The number of nitrogens with zero attached hydrogens (tertiary/aromatic N) is 1. The number of aliphatic hydroxyl groups excluding tert-OH is 1. The topological polar surface area (TPSA) is 73.1 Å². The molecule has 0 aliphatic rings. The van der Waals surface area contributed by atoms with Crippen molar-refractivity contribution in [1.82, 2.24) is 5.32 Å². The highest BCUT2D eigenvalue weighted by Gasteiger charge is 2.10. The van der Waals surface area contributed by atoms with Gasteiger partial charge < -0.3 is 10.4 Å². The van der Waals surface area contributed by atoms with E-state index in [0.29, 0.717) is 0 Å². The molecule has 0 unspecified atom stereocenters. The lowest BCUT2D eigenvalue weighted by molar-refractivity contribution is -0.117. The van der Waals surface area contributed by atoms with E-state index in [9.17, 15) is 4.79 Å². The van der Waals surface area contributed by atoms with E-state index in [1.54, 1.807) is 6.07 Å². The van der Waals surface area contributed by atoms with E-state index in [0.717, 1.165) is 0 Å². The Labute approximate surface area is 70.5 Å². The summed E-state index contributed by atoms with van der Waals surface area (Å²) in [5.41, 5.74) is -0.315. The maximum Gasteiger partial charge on any atom is 0.266 e. The van der Waals surface area contributed by atoms with Gasteiger partial charge in [0, 0.05) is 0 Å². The normalized spacial score (nSPS) is 10.6.